The minimum atomic E-state index is -0.392. The van der Waals surface area contributed by atoms with Crippen LogP contribution < -0.4 is 10.9 Å². The Bertz CT molecular complexity index is 967. The highest BCUT2D eigenvalue weighted by atomic mass is 16.2. The largest absolute Gasteiger partial charge is 0.321 e. The third kappa shape index (κ3) is 3.63. The first-order valence-corrected chi connectivity index (χ1v) is 8.35. The minimum absolute atomic E-state index is 0.187. The zero-order valence-electron chi connectivity index (χ0n) is 14.7. The summed E-state index contributed by atoms with van der Waals surface area (Å²) in [5, 5.41) is 3.71. The topological polar surface area (TPSA) is 51.1 Å². The molecule has 128 valence electrons. The van der Waals surface area contributed by atoms with Crippen molar-refractivity contribution in [2.45, 2.75) is 32.7 Å². The molecule has 0 unspecified atom stereocenters. The molecule has 0 atom stereocenters. The number of para-hydroxylation sites is 1. The Hall–Kier alpha value is -2.88. The van der Waals surface area contributed by atoms with Crippen LogP contribution >= 0.6 is 0 Å². The number of pyridine rings is 1. The van der Waals surface area contributed by atoms with Gasteiger partial charge in [0.2, 0.25) is 5.91 Å². The third-order valence-electron chi connectivity index (χ3n) is 4.06. The number of fused-ring (bicyclic) bond motifs is 1. The molecule has 3 rings (SSSR count). The Kier molecular flexibility index (Phi) is 4.45. The van der Waals surface area contributed by atoms with Crippen LogP contribution in [0.1, 0.15) is 26.3 Å². The van der Waals surface area contributed by atoms with E-state index in [2.05, 4.69) is 5.32 Å². The van der Waals surface area contributed by atoms with E-state index in [1.165, 1.54) is 0 Å². The summed E-state index contributed by atoms with van der Waals surface area (Å²) in [4.78, 5) is 25.3. The molecular formula is C21H22N2O2. The minimum Gasteiger partial charge on any atom is -0.321 e. The maximum Gasteiger partial charge on any atom is 0.275 e. The SMILES string of the molecule is CC(C)(C)n1c(=O)c(NC(=O)Cc2ccccc2)cc2ccccc21. The smallest absolute Gasteiger partial charge is 0.275 e. The lowest BCUT2D eigenvalue weighted by molar-refractivity contribution is -0.115. The predicted octanol–water partition coefficient (Wildman–Crippen LogP) is 3.94. The van der Waals surface area contributed by atoms with Crippen LogP contribution in [0, 0.1) is 0 Å². The quantitative estimate of drug-likeness (QED) is 0.789. The standard InChI is InChI=1S/C21H22N2O2/c1-21(2,3)23-18-12-8-7-11-16(18)14-17(20(23)25)22-19(24)13-15-9-5-4-6-10-15/h4-12,14H,13H2,1-3H3,(H,22,24). The van der Waals surface area contributed by atoms with Gasteiger partial charge in [-0.2, -0.15) is 0 Å². The molecule has 1 aromatic heterocycles. The van der Waals surface area contributed by atoms with Crippen LogP contribution in [-0.4, -0.2) is 10.5 Å². The second kappa shape index (κ2) is 6.55. The Morgan fingerprint density at radius 2 is 1.64 bits per heavy atom. The number of nitrogens with one attached hydrogen (secondary N) is 1. The van der Waals surface area contributed by atoms with E-state index >= 15 is 0 Å². The summed E-state index contributed by atoms with van der Waals surface area (Å²) in [6.45, 7) is 5.95. The number of aromatic nitrogens is 1. The van der Waals surface area contributed by atoms with Crippen LogP contribution in [0.25, 0.3) is 10.9 Å². The van der Waals surface area contributed by atoms with Gasteiger partial charge in [-0.15, -0.1) is 0 Å². The molecule has 0 fully saturated rings. The molecule has 2 aromatic carbocycles. The molecule has 0 aliphatic heterocycles. The van der Waals surface area contributed by atoms with Gasteiger partial charge < -0.3 is 9.88 Å². The van der Waals surface area contributed by atoms with Crippen LogP contribution in [0.3, 0.4) is 0 Å². The number of amides is 1. The van der Waals surface area contributed by atoms with E-state index in [0.29, 0.717) is 5.69 Å². The number of benzene rings is 2. The molecule has 0 radical (unpaired) electrons. The zero-order chi connectivity index (χ0) is 18.0. The van der Waals surface area contributed by atoms with Crippen LogP contribution in [0.15, 0.2) is 65.5 Å². The van der Waals surface area contributed by atoms with E-state index in [0.717, 1.165) is 16.5 Å². The summed E-state index contributed by atoms with van der Waals surface area (Å²) in [6, 6.07) is 19.0. The van der Waals surface area contributed by atoms with Crippen molar-refractivity contribution in [1.29, 1.82) is 0 Å². The molecule has 0 spiro atoms. The van der Waals surface area contributed by atoms with Crippen molar-refractivity contribution in [3.05, 3.63) is 76.6 Å². The average Bonchev–Trinajstić information content (AvgIpc) is 2.55. The first-order valence-electron chi connectivity index (χ1n) is 8.35. The molecule has 25 heavy (non-hydrogen) atoms. The maximum atomic E-state index is 13.0. The fourth-order valence-electron chi connectivity index (χ4n) is 2.99. The highest BCUT2D eigenvalue weighted by molar-refractivity contribution is 5.94. The summed E-state index contributed by atoms with van der Waals surface area (Å²) >= 11 is 0. The van der Waals surface area contributed by atoms with E-state index in [1.54, 1.807) is 10.6 Å². The lowest BCUT2D eigenvalue weighted by Crippen LogP contribution is -2.36. The highest BCUT2D eigenvalue weighted by Crippen LogP contribution is 2.22. The second-order valence-electron chi connectivity index (χ2n) is 7.14. The lowest BCUT2D eigenvalue weighted by Gasteiger charge is -2.25. The second-order valence-corrected chi connectivity index (χ2v) is 7.14. The van der Waals surface area contributed by atoms with Crippen LogP contribution in [0.4, 0.5) is 5.69 Å². The summed E-state index contributed by atoms with van der Waals surface area (Å²) in [5.74, 6) is -0.195. The fourth-order valence-corrected chi connectivity index (χ4v) is 2.99. The Morgan fingerprint density at radius 1 is 1.00 bits per heavy atom. The normalized spacial score (nSPS) is 11.5. The molecule has 1 heterocycles. The van der Waals surface area contributed by atoms with Gasteiger partial charge in [0, 0.05) is 10.9 Å². The van der Waals surface area contributed by atoms with Crippen molar-refractivity contribution in [2.24, 2.45) is 0 Å². The van der Waals surface area contributed by atoms with Gasteiger partial charge in [0.15, 0.2) is 0 Å². The van der Waals surface area contributed by atoms with Gasteiger partial charge in [-0.05, 0) is 38.5 Å². The van der Waals surface area contributed by atoms with E-state index in [4.69, 9.17) is 0 Å². The van der Waals surface area contributed by atoms with Gasteiger partial charge in [0.05, 0.1) is 11.9 Å². The average molecular weight is 334 g/mol. The number of anilines is 1. The Labute approximate surface area is 147 Å². The molecule has 4 heteroatoms. The molecule has 0 aliphatic carbocycles. The number of hydrogen-bond acceptors (Lipinski definition) is 2. The van der Waals surface area contributed by atoms with Crippen LogP contribution in [0.2, 0.25) is 0 Å². The monoisotopic (exact) mass is 334 g/mol. The number of rotatable bonds is 3. The van der Waals surface area contributed by atoms with E-state index in [9.17, 15) is 9.59 Å². The van der Waals surface area contributed by atoms with Gasteiger partial charge in [-0.25, -0.2) is 0 Å². The molecule has 3 aromatic rings. The van der Waals surface area contributed by atoms with E-state index in [-0.39, 0.29) is 17.9 Å². The van der Waals surface area contributed by atoms with Crippen molar-refractivity contribution in [2.75, 3.05) is 5.32 Å². The lowest BCUT2D eigenvalue weighted by atomic mass is 10.1. The number of nitrogens with zero attached hydrogens (tertiary/aromatic N) is 1. The van der Waals surface area contributed by atoms with Crippen molar-refractivity contribution in [3.63, 3.8) is 0 Å². The van der Waals surface area contributed by atoms with Crippen molar-refractivity contribution in [1.82, 2.24) is 4.57 Å². The van der Waals surface area contributed by atoms with Crippen LogP contribution in [-0.2, 0) is 16.8 Å². The zero-order valence-corrected chi connectivity index (χ0v) is 14.7. The molecule has 0 aliphatic rings. The highest BCUT2D eigenvalue weighted by Gasteiger charge is 2.20. The molecule has 0 saturated carbocycles. The number of carbonyl (C=O) groups excluding carboxylic acids is 1. The van der Waals surface area contributed by atoms with Gasteiger partial charge in [0.1, 0.15) is 5.69 Å². The third-order valence-corrected chi connectivity index (χ3v) is 4.06. The summed E-state index contributed by atoms with van der Waals surface area (Å²) in [5.41, 5.74) is 1.51. The van der Waals surface area contributed by atoms with Crippen LogP contribution in [0.5, 0.6) is 0 Å². The molecule has 1 N–H and O–H groups in total. The van der Waals surface area contributed by atoms with E-state index in [1.807, 2.05) is 75.4 Å². The summed E-state index contributed by atoms with van der Waals surface area (Å²) in [6.07, 6.45) is 0.239. The first kappa shape index (κ1) is 17.0. The number of carbonyl (C=O) groups is 1. The molecule has 1 amide bonds. The van der Waals surface area contributed by atoms with Gasteiger partial charge in [-0.1, -0.05) is 48.5 Å². The molecule has 4 nitrogen and oxygen atoms in total. The first-order chi connectivity index (χ1) is 11.9. The summed E-state index contributed by atoms with van der Waals surface area (Å²) < 4.78 is 1.74. The van der Waals surface area contributed by atoms with Gasteiger partial charge in [0.25, 0.3) is 5.56 Å². The molecule has 0 saturated heterocycles. The fraction of sp³-hybridized carbons (Fsp3) is 0.238. The van der Waals surface area contributed by atoms with Crippen molar-refractivity contribution < 1.29 is 4.79 Å². The number of hydrogen-bond donors (Lipinski definition) is 1. The van der Waals surface area contributed by atoms with E-state index < -0.39 is 5.54 Å². The Morgan fingerprint density at radius 3 is 2.32 bits per heavy atom. The molecular weight excluding hydrogens is 312 g/mol. The van der Waals surface area contributed by atoms with Crippen molar-refractivity contribution in [3.8, 4) is 0 Å². The van der Waals surface area contributed by atoms with Gasteiger partial charge >= 0.3 is 0 Å². The van der Waals surface area contributed by atoms with Crippen molar-refractivity contribution >= 4 is 22.5 Å². The summed E-state index contributed by atoms with van der Waals surface area (Å²) in [7, 11) is 0. The maximum absolute atomic E-state index is 13.0. The van der Waals surface area contributed by atoms with Gasteiger partial charge in [-0.3, -0.25) is 9.59 Å². The molecule has 0 bridgehead atoms. The predicted molar refractivity (Wildman–Crippen MR) is 102 cm³/mol. The Balaban J connectivity index is 2.01.